The standard InChI is InChI=1S/C19H17N5O4S/c1-26-13-6-4-11(5-7-13)16-21-22-19-24(16)23-18(29-19)20-17(25)12-8-14(27-2)10-15(9-12)28-3/h4-10H,1-3H3,(H,20,23,25). The van der Waals surface area contributed by atoms with Crippen LogP contribution < -0.4 is 19.5 Å². The fourth-order valence-electron chi connectivity index (χ4n) is 2.70. The van der Waals surface area contributed by atoms with E-state index in [0.29, 0.717) is 33.0 Å². The largest absolute Gasteiger partial charge is 0.497 e. The first-order valence-corrected chi connectivity index (χ1v) is 9.34. The van der Waals surface area contributed by atoms with E-state index in [1.54, 1.807) is 29.8 Å². The minimum atomic E-state index is -0.335. The van der Waals surface area contributed by atoms with Gasteiger partial charge in [-0.1, -0.05) is 11.3 Å². The summed E-state index contributed by atoms with van der Waals surface area (Å²) in [6.07, 6.45) is 0. The number of anilines is 1. The summed E-state index contributed by atoms with van der Waals surface area (Å²) in [5.74, 6) is 2.03. The smallest absolute Gasteiger partial charge is 0.257 e. The molecule has 1 amide bonds. The Labute approximate surface area is 169 Å². The SMILES string of the molecule is COc1ccc(-c2nnc3sc(NC(=O)c4cc(OC)cc(OC)c4)nn23)cc1. The van der Waals surface area contributed by atoms with Crippen molar-refractivity contribution in [3.8, 4) is 28.6 Å². The van der Waals surface area contributed by atoms with Crippen LogP contribution >= 0.6 is 11.3 Å². The molecule has 4 rings (SSSR count). The zero-order valence-electron chi connectivity index (χ0n) is 15.9. The third-order valence-corrected chi connectivity index (χ3v) is 4.99. The molecule has 148 valence electrons. The maximum absolute atomic E-state index is 12.7. The second-order valence-electron chi connectivity index (χ2n) is 5.91. The van der Waals surface area contributed by atoms with Crippen LogP contribution in [0.1, 0.15) is 10.4 Å². The minimum Gasteiger partial charge on any atom is -0.497 e. The van der Waals surface area contributed by atoms with Gasteiger partial charge in [-0.2, -0.15) is 4.52 Å². The average Bonchev–Trinajstić information content (AvgIpc) is 3.33. The number of aromatic nitrogens is 4. The zero-order chi connectivity index (χ0) is 20.4. The fourth-order valence-corrected chi connectivity index (χ4v) is 3.43. The fraction of sp³-hybridized carbons (Fsp3) is 0.158. The van der Waals surface area contributed by atoms with Gasteiger partial charge in [0.2, 0.25) is 10.1 Å². The highest BCUT2D eigenvalue weighted by Crippen LogP contribution is 2.27. The van der Waals surface area contributed by atoms with Crippen molar-refractivity contribution in [3.63, 3.8) is 0 Å². The highest BCUT2D eigenvalue weighted by atomic mass is 32.1. The molecule has 0 radical (unpaired) electrons. The lowest BCUT2D eigenvalue weighted by molar-refractivity contribution is 0.102. The van der Waals surface area contributed by atoms with Crippen LogP contribution in [0.4, 0.5) is 5.13 Å². The van der Waals surface area contributed by atoms with Crippen molar-refractivity contribution < 1.29 is 19.0 Å². The van der Waals surface area contributed by atoms with E-state index in [1.807, 2.05) is 24.3 Å². The van der Waals surface area contributed by atoms with Crippen molar-refractivity contribution in [1.82, 2.24) is 19.8 Å². The molecule has 0 aliphatic rings. The molecule has 29 heavy (non-hydrogen) atoms. The number of methoxy groups -OCH3 is 3. The third-order valence-electron chi connectivity index (χ3n) is 4.17. The third kappa shape index (κ3) is 3.69. The molecular formula is C19H17N5O4S. The number of rotatable bonds is 6. The van der Waals surface area contributed by atoms with Gasteiger partial charge in [0, 0.05) is 17.2 Å². The van der Waals surface area contributed by atoms with Crippen molar-refractivity contribution in [3.05, 3.63) is 48.0 Å². The van der Waals surface area contributed by atoms with E-state index in [2.05, 4.69) is 20.6 Å². The van der Waals surface area contributed by atoms with E-state index in [9.17, 15) is 4.79 Å². The van der Waals surface area contributed by atoms with Crippen LogP contribution in [-0.2, 0) is 0 Å². The normalized spacial score (nSPS) is 10.7. The molecule has 0 aliphatic carbocycles. The van der Waals surface area contributed by atoms with Crippen LogP contribution in [0.15, 0.2) is 42.5 Å². The Morgan fingerprint density at radius 2 is 1.59 bits per heavy atom. The highest BCUT2D eigenvalue weighted by molar-refractivity contribution is 7.20. The number of nitrogens with one attached hydrogen (secondary N) is 1. The van der Waals surface area contributed by atoms with Gasteiger partial charge >= 0.3 is 0 Å². The average molecular weight is 411 g/mol. The van der Waals surface area contributed by atoms with Gasteiger partial charge in [0.05, 0.1) is 21.3 Å². The lowest BCUT2D eigenvalue weighted by Crippen LogP contribution is -2.12. The minimum absolute atomic E-state index is 0.335. The molecular weight excluding hydrogens is 394 g/mol. The van der Waals surface area contributed by atoms with Gasteiger partial charge < -0.3 is 14.2 Å². The number of ether oxygens (including phenoxy) is 3. The predicted molar refractivity (Wildman–Crippen MR) is 108 cm³/mol. The summed E-state index contributed by atoms with van der Waals surface area (Å²) in [5, 5.41) is 15.9. The quantitative estimate of drug-likeness (QED) is 0.520. The maximum atomic E-state index is 12.7. The maximum Gasteiger partial charge on any atom is 0.257 e. The Morgan fingerprint density at radius 1 is 0.931 bits per heavy atom. The van der Waals surface area contributed by atoms with Gasteiger partial charge in [0.15, 0.2) is 5.82 Å². The van der Waals surface area contributed by atoms with Crippen molar-refractivity contribution in [2.24, 2.45) is 0 Å². The molecule has 2 aromatic carbocycles. The van der Waals surface area contributed by atoms with Crippen LogP contribution in [0, 0.1) is 0 Å². The van der Waals surface area contributed by atoms with Crippen molar-refractivity contribution in [1.29, 1.82) is 0 Å². The molecule has 4 aromatic rings. The molecule has 0 spiro atoms. The summed E-state index contributed by atoms with van der Waals surface area (Å²) in [6, 6.07) is 12.4. The molecule has 1 N–H and O–H groups in total. The van der Waals surface area contributed by atoms with Crippen LogP contribution in [0.5, 0.6) is 17.2 Å². The summed E-state index contributed by atoms with van der Waals surface area (Å²) in [7, 11) is 4.66. The van der Waals surface area contributed by atoms with Gasteiger partial charge in [-0.15, -0.1) is 15.3 Å². The molecule has 0 saturated heterocycles. The van der Waals surface area contributed by atoms with Crippen LogP contribution in [0.3, 0.4) is 0 Å². The molecule has 0 fully saturated rings. The summed E-state index contributed by atoms with van der Waals surface area (Å²) < 4.78 is 17.2. The number of amides is 1. The number of hydrogen-bond acceptors (Lipinski definition) is 8. The molecule has 0 bridgehead atoms. The molecule has 9 nitrogen and oxygen atoms in total. The number of carbonyl (C=O) groups is 1. The summed E-state index contributed by atoms with van der Waals surface area (Å²) in [5.41, 5.74) is 1.22. The van der Waals surface area contributed by atoms with E-state index < -0.39 is 0 Å². The van der Waals surface area contributed by atoms with E-state index in [4.69, 9.17) is 14.2 Å². The van der Waals surface area contributed by atoms with Crippen LogP contribution in [0.25, 0.3) is 16.3 Å². The zero-order valence-corrected chi connectivity index (χ0v) is 16.7. The van der Waals surface area contributed by atoms with Crippen molar-refractivity contribution >= 4 is 27.3 Å². The summed E-state index contributed by atoms with van der Waals surface area (Å²) in [4.78, 5) is 13.2. The molecule has 0 aliphatic heterocycles. The highest BCUT2D eigenvalue weighted by Gasteiger charge is 2.16. The topological polar surface area (TPSA) is 99.9 Å². The van der Waals surface area contributed by atoms with Gasteiger partial charge in [0.25, 0.3) is 5.91 Å². The Kier molecular flexibility index (Phi) is 5.00. The van der Waals surface area contributed by atoms with E-state index in [1.165, 1.54) is 25.6 Å². The molecule has 2 heterocycles. The number of benzene rings is 2. The first-order valence-electron chi connectivity index (χ1n) is 8.52. The van der Waals surface area contributed by atoms with Crippen LogP contribution in [0.2, 0.25) is 0 Å². The molecule has 2 aromatic heterocycles. The lowest BCUT2D eigenvalue weighted by atomic mass is 10.2. The predicted octanol–water partition coefficient (Wildman–Crippen LogP) is 3.13. The van der Waals surface area contributed by atoms with Gasteiger partial charge in [-0.05, 0) is 36.4 Å². The number of fused-ring (bicyclic) bond motifs is 1. The van der Waals surface area contributed by atoms with Gasteiger partial charge in [-0.3, -0.25) is 10.1 Å². The second kappa shape index (κ2) is 7.76. The Morgan fingerprint density at radius 3 is 2.21 bits per heavy atom. The van der Waals surface area contributed by atoms with Crippen molar-refractivity contribution in [2.75, 3.05) is 26.6 Å². The first kappa shape index (κ1) is 18.7. The first-order chi connectivity index (χ1) is 14.1. The van der Waals surface area contributed by atoms with Gasteiger partial charge in [0.1, 0.15) is 17.2 Å². The molecule has 0 saturated carbocycles. The molecule has 0 unspecified atom stereocenters. The molecule has 0 atom stereocenters. The number of nitrogens with zero attached hydrogens (tertiary/aromatic N) is 4. The number of hydrogen-bond donors (Lipinski definition) is 1. The Hall–Kier alpha value is -3.66. The summed E-state index contributed by atoms with van der Waals surface area (Å²) in [6.45, 7) is 0. The Bertz CT molecular complexity index is 1150. The van der Waals surface area contributed by atoms with Crippen molar-refractivity contribution in [2.45, 2.75) is 0 Å². The Balaban J connectivity index is 1.60. The number of carbonyl (C=O) groups excluding carboxylic acids is 1. The second-order valence-corrected chi connectivity index (χ2v) is 6.87. The summed E-state index contributed by atoms with van der Waals surface area (Å²) >= 11 is 1.22. The molecule has 10 heteroatoms. The van der Waals surface area contributed by atoms with E-state index in [-0.39, 0.29) is 5.91 Å². The van der Waals surface area contributed by atoms with Crippen LogP contribution in [-0.4, -0.2) is 47.0 Å². The van der Waals surface area contributed by atoms with E-state index >= 15 is 0 Å². The lowest BCUT2D eigenvalue weighted by Gasteiger charge is -2.07. The van der Waals surface area contributed by atoms with E-state index in [0.717, 1.165) is 11.3 Å². The monoisotopic (exact) mass is 411 g/mol. The van der Waals surface area contributed by atoms with Gasteiger partial charge in [-0.25, -0.2) is 0 Å².